The van der Waals surface area contributed by atoms with Gasteiger partial charge in [0.1, 0.15) is 6.29 Å². The lowest BCUT2D eigenvalue weighted by Gasteiger charge is -2.07. The molecule has 0 radical (unpaired) electrons. The highest BCUT2D eigenvalue weighted by Crippen LogP contribution is 2.13. The Bertz CT molecular complexity index is 447. The van der Waals surface area contributed by atoms with Crippen molar-refractivity contribution < 1.29 is 17.4 Å². The van der Waals surface area contributed by atoms with Crippen molar-refractivity contribution in [2.45, 2.75) is 18.7 Å². The molecule has 0 amide bonds. The molecule has 88 valence electrons. The number of aldehydes is 1. The summed E-state index contributed by atoms with van der Waals surface area (Å²) in [6.07, 6.45) is 0.657. The van der Waals surface area contributed by atoms with E-state index in [2.05, 4.69) is 0 Å². The van der Waals surface area contributed by atoms with E-state index >= 15 is 0 Å². The summed E-state index contributed by atoms with van der Waals surface area (Å²) in [5.74, 6) is -0.430. The fourth-order valence-electron chi connectivity index (χ4n) is 1.01. The van der Waals surface area contributed by atoms with Crippen LogP contribution in [0.4, 0.5) is 0 Å². The van der Waals surface area contributed by atoms with Gasteiger partial charge < -0.3 is 4.79 Å². The quantitative estimate of drug-likeness (QED) is 0.580. The number of carbonyl (C=O) groups excluding carboxylic acids is 1. The monoisotopic (exact) mass is 242 g/mol. The first-order chi connectivity index (χ1) is 7.45. The summed E-state index contributed by atoms with van der Waals surface area (Å²) in [7, 11) is -3.74. The summed E-state index contributed by atoms with van der Waals surface area (Å²) in [6.45, 7) is 3.34. The highest BCUT2D eigenvalue weighted by molar-refractivity contribution is 7.86. The van der Waals surface area contributed by atoms with Crippen molar-refractivity contribution in [3.05, 3.63) is 29.8 Å². The van der Waals surface area contributed by atoms with Gasteiger partial charge in [0, 0.05) is 5.92 Å². The third-order valence-electron chi connectivity index (χ3n) is 2.03. The standard InChI is InChI=1S/C11H14O4S/c1-9-3-5-11(6-4-9)16(13,14)15-8-10(2)7-12/h3-7,10H,8H2,1-2H3/t10-/m1/s1. The summed E-state index contributed by atoms with van der Waals surface area (Å²) in [5.41, 5.74) is 0.972. The van der Waals surface area contributed by atoms with E-state index in [9.17, 15) is 13.2 Å². The lowest BCUT2D eigenvalue weighted by atomic mass is 10.2. The summed E-state index contributed by atoms with van der Waals surface area (Å²) in [6, 6.07) is 6.35. The van der Waals surface area contributed by atoms with Crippen molar-refractivity contribution in [1.29, 1.82) is 0 Å². The number of hydrogen-bond acceptors (Lipinski definition) is 4. The second-order valence-corrected chi connectivity index (χ2v) is 5.28. The lowest BCUT2D eigenvalue weighted by molar-refractivity contribution is -0.111. The predicted octanol–water partition coefficient (Wildman–Crippen LogP) is 1.54. The van der Waals surface area contributed by atoms with Crippen LogP contribution in [0.1, 0.15) is 12.5 Å². The van der Waals surface area contributed by atoms with E-state index in [0.717, 1.165) is 5.56 Å². The third-order valence-corrected chi connectivity index (χ3v) is 3.32. The van der Waals surface area contributed by atoms with Crippen LogP contribution in [0.3, 0.4) is 0 Å². The van der Waals surface area contributed by atoms with Gasteiger partial charge >= 0.3 is 0 Å². The molecule has 0 saturated carbocycles. The highest BCUT2D eigenvalue weighted by atomic mass is 32.2. The molecule has 0 heterocycles. The lowest BCUT2D eigenvalue weighted by Crippen LogP contribution is -2.13. The molecule has 16 heavy (non-hydrogen) atoms. The largest absolute Gasteiger partial charge is 0.303 e. The molecule has 5 heteroatoms. The molecule has 1 rings (SSSR count). The molecule has 0 fully saturated rings. The molecule has 0 aliphatic heterocycles. The van der Waals surface area contributed by atoms with Crippen LogP contribution in [0.2, 0.25) is 0 Å². The van der Waals surface area contributed by atoms with Crippen LogP contribution < -0.4 is 0 Å². The van der Waals surface area contributed by atoms with Gasteiger partial charge in [0.05, 0.1) is 11.5 Å². The molecule has 0 bridgehead atoms. The molecule has 1 atom stereocenters. The van der Waals surface area contributed by atoms with Crippen molar-refractivity contribution in [2.24, 2.45) is 5.92 Å². The Labute approximate surface area is 95.4 Å². The maximum Gasteiger partial charge on any atom is 0.296 e. The van der Waals surface area contributed by atoms with Crippen molar-refractivity contribution in [3.8, 4) is 0 Å². The molecule has 0 aliphatic rings. The maximum absolute atomic E-state index is 11.6. The van der Waals surface area contributed by atoms with Gasteiger partial charge in [-0.05, 0) is 19.1 Å². The van der Waals surface area contributed by atoms with Gasteiger partial charge in [-0.15, -0.1) is 0 Å². The van der Waals surface area contributed by atoms with E-state index in [1.807, 2.05) is 6.92 Å². The molecular weight excluding hydrogens is 228 g/mol. The van der Waals surface area contributed by atoms with Gasteiger partial charge in [-0.25, -0.2) is 0 Å². The minimum absolute atomic E-state index is 0.108. The van der Waals surface area contributed by atoms with Crippen LogP contribution in [-0.4, -0.2) is 21.3 Å². The average molecular weight is 242 g/mol. The Kier molecular flexibility index (Phi) is 4.20. The van der Waals surface area contributed by atoms with E-state index in [1.165, 1.54) is 12.1 Å². The van der Waals surface area contributed by atoms with Crippen molar-refractivity contribution in [1.82, 2.24) is 0 Å². The van der Waals surface area contributed by atoms with Gasteiger partial charge in [0.25, 0.3) is 10.1 Å². The van der Waals surface area contributed by atoms with Crippen molar-refractivity contribution >= 4 is 16.4 Å². The van der Waals surface area contributed by atoms with Gasteiger partial charge in [0.15, 0.2) is 0 Å². The second kappa shape index (κ2) is 5.23. The second-order valence-electron chi connectivity index (χ2n) is 3.67. The van der Waals surface area contributed by atoms with Crippen molar-refractivity contribution in [2.75, 3.05) is 6.61 Å². The molecule has 0 N–H and O–H groups in total. The molecule has 0 aromatic heterocycles. The summed E-state index contributed by atoms with van der Waals surface area (Å²) >= 11 is 0. The van der Waals surface area contributed by atoms with Crippen LogP contribution in [0, 0.1) is 12.8 Å². The minimum atomic E-state index is -3.74. The fourth-order valence-corrected chi connectivity index (χ4v) is 2.01. The zero-order chi connectivity index (χ0) is 12.2. The van der Waals surface area contributed by atoms with E-state index < -0.39 is 16.0 Å². The normalized spacial score (nSPS) is 13.4. The Balaban J connectivity index is 2.78. The van der Waals surface area contributed by atoms with Crippen LogP contribution in [0.5, 0.6) is 0 Å². The van der Waals surface area contributed by atoms with E-state index in [-0.39, 0.29) is 11.5 Å². The summed E-state index contributed by atoms with van der Waals surface area (Å²) < 4.78 is 28.0. The number of aryl methyl sites for hydroxylation is 1. The van der Waals surface area contributed by atoms with Gasteiger partial charge in [-0.1, -0.05) is 24.6 Å². The van der Waals surface area contributed by atoms with Gasteiger partial charge in [-0.3, -0.25) is 4.18 Å². The predicted molar refractivity (Wildman–Crippen MR) is 59.5 cm³/mol. The first kappa shape index (κ1) is 12.9. The van der Waals surface area contributed by atoms with E-state index in [0.29, 0.717) is 6.29 Å². The van der Waals surface area contributed by atoms with Crippen LogP contribution >= 0.6 is 0 Å². The molecular formula is C11H14O4S. The van der Waals surface area contributed by atoms with Crippen LogP contribution in [0.25, 0.3) is 0 Å². The molecule has 0 unspecified atom stereocenters. The fraction of sp³-hybridized carbons (Fsp3) is 0.364. The summed E-state index contributed by atoms with van der Waals surface area (Å²) in [5, 5.41) is 0. The van der Waals surface area contributed by atoms with Crippen LogP contribution in [0.15, 0.2) is 29.2 Å². The van der Waals surface area contributed by atoms with Gasteiger partial charge in [0.2, 0.25) is 0 Å². The Hall–Kier alpha value is -1.20. The van der Waals surface area contributed by atoms with Crippen LogP contribution in [-0.2, 0) is 19.1 Å². The number of carbonyl (C=O) groups is 1. The Morgan fingerprint density at radius 2 is 1.88 bits per heavy atom. The zero-order valence-electron chi connectivity index (χ0n) is 9.21. The number of rotatable bonds is 5. The zero-order valence-corrected chi connectivity index (χ0v) is 10.0. The first-order valence-corrected chi connectivity index (χ1v) is 6.28. The molecule has 1 aromatic rings. The Morgan fingerprint density at radius 3 is 2.38 bits per heavy atom. The van der Waals surface area contributed by atoms with Crippen molar-refractivity contribution in [3.63, 3.8) is 0 Å². The maximum atomic E-state index is 11.6. The number of benzene rings is 1. The van der Waals surface area contributed by atoms with E-state index in [1.54, 1.807) is 19.1 Å². The minimum Gasteiger partial charge on any atom is -0.303 e. The smallest absolute Gasteiger partial charge is 0.296 e. The van der Waals surface area contributed by atoms with E-state index in [4.69, 9.17) is 4.18 Å². The molecule has 0 aliphatic carbocycles. The third kappa shape index (κ3) is 3.43. The topological polar surface area (TPSA) is 60.4 Å². The molecule has 0 saturated heterocycles. The SMILES string of the molecule is Cc1ccc(S(=O)(=O)OC[C@H](C)C=O)cc1. The average Bonchev–Trinajstić information content (AvgIpc) is 2.26. The highest BCUT2D eigenvalue weighted by Gasteiger charge is 2.16. The molecule has 4 nitrogen and oxygen atoms in total. The van der Waals surface area contributed by atoms with Gasteiger partial charge in [-0.2, -0.15) is 8.42 Å². The number of hydrogen-bond donors (Lipinski definition) is 0. The molecule has 0 spiro atoms. The first-order valence-electron chi connectivity index (χ1n) is 4.87. The molecule has 1 aromatic carbocycles. The Morgan fingerprint density at radius 1 is 1.31 bits per heavy atom. The summed E-state index contributed by atoms with van der Waals surface area (Å²) in [4.78, 5) is 10.4.